The van der Waals surface area contributed by atoms with E-state index in [1.165, 1.54) is 6.07 Å². The van der Waals surface area contributed by atoms with Gasteiger partial charge in [0.15, 0.2) is 0 Å². The van der Waals surface area contributed by atoms with Crippen LogP contribution in [0, 0.1) is 5.82 Å². The molecule has 10 heteroatoms. The van der Waals surface area contributed by atoms with Gasteiger partial charge >= 0.3 is 0 Å². The predicted octanol–water partition coefficient (Wildman–Crippen LogP) is 6.50. The van der Waals surface area contributed by atoms with Crippen LogP contribution in [0.1, 0.15) is 11.1 Å². The molecule has 4 rings (SSSR count). The fraction of sp³-hybridized carbons (Fsp3) is 0.0800. The second-order valence-electron chi connectivity index (χ2n) is 7.39. The third kappa shape index (κ3) is 6.30. The van der Waals surface area contributed by atoms with E-state index in [4.69, 9.17) is 16.3 Å². The molecule has 3 aromatic carbocycles. The summed E-state index contributed by atoms with van der Waals surface area (Å²) in [5.74, 6) is -0.885. The lowest BCUT2D eigenvalue weighted by Gasteiger charge is -2.12. The van der Waals surface area contributed by atoms with Crippen molar-refractivity contribution in [2.24, 2.45) is 0 Å². The minimum absolute atomic E-state index is 0.0828. The number of nitrogens with zero attached hydrogens (tertiary/aromatic N) is 1. The van der Waals surface area contributed by atoms with Crippen LogP contribution in [0.3, 0.4) is 0 Å². The third-order valence-corrected chi connectivity index (χ3v) is 7.05. The van der Waals surface area contributed by atoms with Gasteiger partial charge in [-0.3, -0.25) is 19.3 Å². The van der Waals surface area contributed by atoms with Crippen molar-refractivity contribution >= 4 is 68.1 Å². The molecule has 0 unspecified atom stereocenters. The molecule has 1 aliphatic heterocycles. The van der Waals surface area contributed by atoms with Crippen molar-refractivity contribution in [2.75, 3.05) is 11.9 Å². The Morgan fingerprint density at radius 2 is 1.86 bits per heavy atom. The third-order valence-electron chi connectivity index (χ3n) is 4.91. The number of anilines is 1. The zero-order valence-corrected chi connectivity index (χ0v) is 21.1. The Bertz CT molecular complexity index is 1330. The number of rotatable bonds is 7. The molecule has 0 radical (unpaired) electrons. The average Bonchev–Trinajstić information content (AvgIpc) is 3.09. The van der Waals surface area contributed by atoms with Gasteiger partial charge in [-0.05, 0) is 75.7 Å². The number of halogens is 3. The van der Waals surface area contributed by atoms with Gasteiger partial charge < -0.3 is 10.1 Å². The van der Waals surface area contributed by atoms with Gasteiger partial charge in [0.2, 0.25) is 5.91 Å². The SMILES string of the molecule is O=C(CN1C(=O)S/C(=C/c2ccc(OCc3ccccc3F)cc2)C1=O)Nc1ccc(Br)c(Cl)c1. The standard InChI is InChI=1S/C25H17BrClFN2O4S/c26-19-10-7-17(12-20(19)27)29-23(31)13-30-24(32)22(35-25(30)33)11-15-5-8-18(9-6-15)34-14-16-3-1-2-4-21(16)28/h1-12H,13-14H2,(H,29,31)/b22-11+. The van der Waals surface area contributed by atoms with Gasteiger partial charge in [0.1, 0.15) is 24.7 Å². The summed E-state index contributed by atoms with van der Waals surface area (Å²) in [6, 6.07) is 18.1. The van der Waals surface area contributed by atoms with E-state index in [0.29, 0.717) is 32.1 Å². The first-order valence-electron chi connectivity index (χ1n) is 10.3. The first-order valence-corrected chi connectivity index (χ1v) is 12.3. The smallest absolute Gasteiger partial charge is 0.294 e. The van der Waals surface area contributed by atoms with E-state index in [1.807, 2.05) is 0 Å². The number of amides is 3. The highest BCUT2D eigenvalue weighted by Gasteiger charge is 2.36. The maximum atomic E-state index is 13.7. The molecule has 1 heterocycles. The summed E-state index contributed by atoms with van der Waals surface area (Å²) < 4.78 is 20.0. The van der Waals surface area contributed by atoms with Gasteiger partial charge in [-0.2, -0.15) is 0 Å². The zero-order valence-electron chi connectivity index (χ0n) is 18.0. The molecule has 1 saturated heterocycles. The number of nitrogens with one attached hydrogen (secondary N) is 1. The van der Waals surface area contributed by atoms with Crippen molar-refractivity contribution in [1.29, 1.82) is 0 Å². The molecule has 1 N–H and O–H groups in total. The molecule has 178 valence electrons. The molecule has 0 aromatic heterocycles. The van der Waals surface area contributed by atoms with E-state index < -0.39 is 23.6 Å². The number of carbonyl (C=O) groups excluding carboxylic acids is 3. The first kappa shape index (κ1) is 25.0. The lowest BCUT2D eigenvalue weighted by atomic mass is 10.2. The van der Waals surface area contributed by atoms with E-state index in [1.54, 1.807) is 66.7 Å². The maximum Gasteiger partial charge on any atom is 0.294 e. The van der Waals surface area contributed by atoms with Crippen molar-refractivity contribution in [3.05, 3.63) is 98.1 Å². The fourth-order valence-corrected chi connectivity index (χ4v) is 4.41. The van der Waals surface area contributed by atoms with Crippen LogP contribution in [-0.2, 0) is 16.2 Å². The molecule has 0 spiro atoms. The first-order chi connectivity index (χ1) is 16.8. The number of ether oxygens (including phenoxy) is 1. The summed E-state index contributed by atoms with van der Waals surface area (Å²) in [5.41, 5.74) is 1.56. The Morgan fingerprint density at radius 3 is 2.57 bits per heavy atom. The van der Waals surface area contributed by atoms with Crippen molar-refractivity contribution < 1.29 is 23.5 Å². The lowest BCUT2D eigenvalue weighted by molar-refractivity contribution is -0.127. The maximum absolute atomic E-state index is 13.7. The van der Waals surface area contributed by atoms with Crippen LogP contribution in [0.15, 0.2) is 76.1 Å². The van der Waals surface area contributed by atoms with Gasteiger partial charge in [-0.15, -0.1) is 0 Å². The summed E-state index contributed by atoms with van der Waals surface area (Å²) in [7, 11) is 0. The molecule has 0 bridgehead atoms. The van der Waals surface area contributed by atoms with Crippen LogP contribution >= 0.6 is 39.3 Å². The molecule has 0 atom stereocenters. The Balaban J connectivity index is 1.36. The van der Waals surface area contributed by atoms with Crippen molar-refractivity contribution in [3.8, 4) is 5.75 Å². The summed E-state index contributed by atoms with van der Waals surface area (Å²) in [5, 5.41) is 2.50. The highest BCUT2D eigenvalue weighted by Crippen LogP contribution is 2.32. The molecule has 0 saturated carbocycles. The Labute approximate surface area is 218 Å². The number of hydrogen-bond acceptors (Lipinski definition) is 5. The lowest BCUT2D eigenvalue weighted by Crippen LogP contribution is -2.36. The van der Waals surface area contributed by atoms with E-state index >= 15 is 0 Å². The number of thioether (sulfide) groups is 1. The van der Waals surface area contributed by atoms with E-state index in [-0.39, 0.29) is 17.3 Å². The molecule has 3 amide bonds. The minimum atomic E-state index is -0.552. The van der Waals surface area contributed by atoms with Crippen LogP contribution in [0.4, 0.5) is 14.9 Å². The molecule has 0 aliphatic carbocycles. The van der Waals surface area contributed by atoms with E-state index in [0.717, 1.165) is 16.7 Å². The van der Waals surface area contributed by atoms with Gasteiger partial charge in [0, 0.05) is 15.7 Å². The number of hydrogen-bond donors (Lipinski definition) is 1. The number of carbonyl (C=O) groups is 3. The Kier molecular flexibility index (Phi) is 7.90. The monoisotopic (exact) mass is 574 g/mol. The predicted molar refractivity (Wildman–Crippen MR) is 138 cm³/mol. The average molecular weight is 576 g/mol. The quantitative estimate of drug-likeness (QED) is 0.326. The van der Waals surface area contributed by atoms with Crippen LogP contribution in [0.5, 0.6) is 5.75 Å². The van der Waals surface area contributed by atoms with Gasteiger partial charge in [-0.25, -0.2) is 4.39 Å². The van der Waals surface area contributed by atoms with Crippen LogP contribution in [-0.4, -0.2) is 28.5 Å². The van der Waals surface area contributed by atoms with Crippen LogP contribution < -0.4 is 10.1 Å². The molecule has 3 aromatic rings. The van der Waals surface area contributed by atoms with Crippen LogP contribution in [0.2, 0.25) is 5.02 Å². The minimum Gasteiger partial charge on any atom is -0.489 e. The summed E-state index contributed by atoms with van der Waals surface area (Å²) in [6.07, 6.45) is 1.57. The topological polar surface area (TPSA) is 75.7 Å². The van der Waals surface area contributed by atoms with E-state index in [9.17, 15) is 18.8 Å². The highest BCUT2D eigenvalue weighted by molar-refractivity contribution is 9.10. The molecular weight excluding hydrogens is 559 g/mol. The van der Waals surface area contributed by atoms with Crippen molar-refractivity contribution in [2.45, 2.75) is 6.61 Å². The normalized spacial score (nSPS) is 14.5. The highest BCUT2D eigenvalue weighted by atomic mass is 79.9. The molecular formula is C25H17BrClFN2O4S. The molecule has 35 heavy (non-hydrogen) atoms. The number of benzene rings is 3. The van der Waals surface area contributed by atoms with Crippen molar-refractivity contribution in [3.63, 3.8) is 0 Å². The molecule has 1 aliphatic rings. The van der Waals surface area contributed by atoms with Crippen molar-refractivity contribution in [1.82, 2.24) is 4.90 Å². The zero-order chi connectivity index (χ0) is 24.9. The fourth-order valence-electron chi connectivity index (χ4n) is 3.14. The number of imide groups is 1. The van der Waals surface area contributed by atoms with Gasteiger partial charge in [0.05, 0.1) is 9.93 Å². The van der Waals surface area contributed by atoms with Gasteiger partial charge in [-0.1, -0.05) is 41.9 Å². The van der Waals surface area contributed by atoms with Gasteiger partial charge in [0.25, 0.3) is 11.1 Å². The second-order valence-corrected chi connectivity index (χ2v) is 9.65. The second kappa shape index (κ2) is 11.1. The largest absolute Gasteiger partial charge is 0.489 e. The van der Waals surface area contributed by atoms with E-state index in [2.05, 4.69) is 21.2 Å². The molecule has 6 nitrogen and oxygen atoms in total. The van der Waals surface area contributed by atoms with Crippen LogP contribution in [0.25, 0.3) is 6.08 Å². The Morgan fingerprint density at radius 1 is 1.11 bits per heavy atom. The summed E-state index contributed by atoms with van der Waals surface area (Å²) >= 11 is 10.1. The summed E-state index contributed by atoms with van der Waals surface area (Å²) in [6.45, 7) is -0.335. The summed E-state index contributed by atoms with van der Waals surface area (Å²) in [4.78, 5) is 38.5. The molecule has 1 fully saturated rings. The Hall–Kier alpha value is -3.14.